The number of ether oxygens (including phenoxy) is 5. The normalized spacial score (nSPS) is 37.5. The van der Waals surface area contributed by atoms with Gasteiger partial charge in [-0.25, -0.2) is 0 Å². The van der Waals surface area contributed by atoms with Gasteiger partial charge in [0.25, 0.3) is 5.91 Å². The fourth-order valence-electron chi connectivity index (χ4n) is 10.8. The molecule has 0 aromatic rings. The van der Waals surface area contributed by atoms with Crippen LogP contribution in [0.25, 0.3) is 0 Å². The molecule has 0 radical (unpaired) electrons. The van der Waals surface area contributed by atoms with E-state index in [1.807, 2.05) is 19.9 Å². The Kier molecular flexibility index (Phi) is 22.9. The number of unbranched alkanes of at least 4 members (excludes halogenated alkanes) is 3. The van der Waals surface area contributed by atoms with Crippen LogP contribution in [-0.2, 0) is 33.3 Å². The van der Waals surface area contributed by atoms with Gasteiger partial charge in [-0.3, -0.25) is 9.59 Å². The lowest BCUT2D eigenvalue weighted by Gasteiger charge is -2.51. The van der Waals surface area contributed by atoms with Crippen molar-refractivity contribution >= 4 is 34.4 Å². The summed E-state index contributed by atoms with van der Waals surface area (Å²) in [5, 5.41) is 57.1. The number of likely N-dealkylation sites (N-methyl/N-ethyl adjacent to an activating group) is 1. The summed E-state index contributed by atoms with van der Waals surface area (Å²) >= 11 is 2.46. The van der Waals surface area contributed by atoms with Gasteiger partial charge in [0.1, 0.15) is 48.8 Å². The second-order valence-electron chi connectivity index (χ2n) is 19.8. The van der Waals surface area contributed by atoms with Crippen molar-refractivity contribution < 1.29 is 72.0 Å². The monoisotopic (exact) mass is 1060 g/mol. The maximum absolute atomic E-state index is 14.1. The van der Waals surface area contributed by atoms with Gasteiger partial charge in [0.15, 0.2) is 18.7 Å². The van der Waals surface area contributed by atoms with E-state index in [4.69, 9.17) is 23.7 Å². The molecule has 14 nitrogen and oxygen atoms in total. The molecule has 2 heterocycles. The predicted molar refractivity (Wildman–Crippen MR) is 250 cm³/mol. The summed E-state index contributed by atoms with van der Waals surface area (Å²) in [5.41, 5.74) is 0. The number of nitrogens with one attached hydrogen (secondary N) is 1. The number of carbonyl (C=O) groups excluding carboxylic acids is 2. The Balaban J connectivity index is 1.69. The first-order valence-corrected chi connectivity index (χ1v) is 25.7. The Morgan fingerprint density at radius 2 is 1.59 bits per heavy atom. The molecular formula is C48H82F3IN2O12. The van der Waals surface area contributed by atoms with Gasteiger partial charge in [-0.15, -0.1) is 0 Å². The smallest absolute Gasteiger partial charge is 0.394 e. The third kappa shape index (κ3) is 14.9. The molecule has 0 aromatic heterocycles. The molecule has 2 aliphatic carbocycles. The molecule has 0 bridgehead atoms. The Morgan fingerprint density at radius 1 is 0.909 bits per heavy atom. The van der Waals surface area contributed by atoms with Crippen molar-refractivity contribution in [3.8, 4) is 0 Å². The van der Waals surface area contributed by atoms with Crippen LogP contribution in [0, 0.1) is 29.6 Å². The van der Waals surface area contributed by atoms with Gasteiger partial charge in [0.2, 0.25) is 5.91 Å². The lowest BCUT2D eigenvalue weighted by atomic mass is 9.69. The summed E-state index contributed by atoms with van der Waals surface area (Å²) in [5.74, 6) is 0.0425. The van der Waals surface area contributed by atoms with Gasteiger partial charge >= 0.3 is 6.18 Å². The standard InChI is InChI=1S/C48H82F3IN2O12/c1-9-13-15-16-17-27(5)31-20-18-29(19-21-31)23-34(44(61)54(7)8)62-42-36(53-28(6)56)45(64-35(26-55)37(42)57)63-33-25-32(47(52,12-4)22-14-10-2)24-30(11-3)41(33)65-46-40(60)38(58)39(59)43(66-46)48(49,50)51/h10,14,27,29-43,45-46,55,57-60H,9,11-13,15-26H2,1-8H3,(H,53,56)/b14-10-/t27?,29?,30?,31?,32?,33-,34+,35?,36?,37+,38?,39+,40?,41?,42?,43?,45-,46-,47?/m1/s1. The summed E-state index contributed by atoms with van der Waals surface area (Å²) in [7, 11) is 3.24. The van der Waals surface area contributed by atoms with E-state index >= 15 is 0 Å². The van der Waals surface area contributed by atoms with Gasteiger partial charge in [0, 0.05) is 24.4 Å². The topological polar surface area (TPSA) is 197 Å². The first-order chi connectivity index (χ1) is 31.1. The first-order valence-electron chi connectivity index (χ1n) is 24.6. The van der Waals surface area contributed by atoms with Gasteiger partial charge in [-0.2, -0.15) is 13.2 Å². The van der Waals surface area contributed by atoms with Gasteiger partial charge in [0.05, 0.1) is 18.8 Å². The van der Waals surface area contributed by atoms with Crippen molar-refractivity contribution in [2.75, 3.05) is 20.7 Å². The minimum atomic E-state index is -5.11. The molecule has 0 spiro atoms. The van der Waals surface area contributed by atoms with Crippen LogP contribution in [-0.4, -0.2) is 152 Å². The van der Waals surface area contributed by atoms with Crippen molar-refractivity contribution in [1.82, 2.24) is 10.2 Å². The number of nitrogens with zero attached hydrogens (tertiary/aromatic N) is 1. The highest BCUT2D eigenvalue weighted by Gasteiger charge is 2.58. The zero-order chi connectivity index (χ0) is 49.1. The molecule has 18 heteroatoms. The molecule has 2 saturated carbocycles. The zero-order valence-electron chi connectivity index (χ0n) is 40.4. The van der Waals surface area contributed by atoms with Crippen molar-refractivity contribution in [1.29, 1.82) is 0 Å². The molecule has 2 saturated heterocycles. The largest absolute Gasteiger partial charge is 0.417 e. The van der Waals surface area contributed by atoms with Gasteiger partial charge in [-0.1, -0.05) is 114 Å². The Bertz CT molecular complexity index is 1510. The first kappa shape index (κ1) is 57.4. The lowest BCUT2D eigenvalue weighted by Crippen LogP contribution is -2.67. The highest BCUT2D eigenvalue weighted by atomic mass is 127. The molecule has 2 amide bonds. The van der Waals surface area contributed by atoms with Crippen molar-refractivity contribution in [3.63, 3.8) is 0 Å². The van der Waals surface area contributed by atoms with E-state index in [1.165, 1.54) is 43.9 Å². The fourth-order valence-corrected chi connectivity index (χ4v) is 11.6. The molecule has 4 rings (SSSR count). The molecule has 17 atom stereocenters. The molecule has 6 N–H and O–H groups in total. The van der Waals surface area contributed by atoms with Gasteiger partial charge in [-0.05, 0) is 81.5 Å². The molecule has 0 aromatic carbocycles. The fraction of sp³-hybridized carbons (Fsp3) is 0.917. The minimum Gasteiger partial charge on any atom is -0.394 e. The number of halogens is 4. The molecule has 66 heavy (non-hydrogen) atoms. The summed E-state index contributed by atoms with van der Waals surface area (Å²) in [4.78, 5) is 28.4. The lowest BCUT2D eigenvalue weighted by molar-refractivity contribution is -0.373. The summed E-state index contributed by atoms with van der Waals surface area (Å²) in [6.07, 6.45) is -8.43. The Hall–Kier alpha value is -1.20. The summed E-state index contributed by atoms with van der Waals surface area (Å²) in [6, 6.07) is -1.26. The third-order valence-electron chi connectivity index (χ3n) is 15.0. The number of aliphatic hydroxyl groups excluding tert-OH is 5. The Morgan fingerprint density at radius 3 is 2.15 bits per heavy atom. The van der Waals surface area contributed by atoms with Crippen LogP contribution >= 0.6 is 22.6 Å². The van der Waals surface area contributed by atoms with E-state index in [-0.39, 0.29) is 27.6 Å². The molecule has 2 aliphatic heterocycles. The average molecular weight is 1060 g/mol. The number of carbonyl (C=O) groups is 2. The van der Waals surface area contributed by atoms with Crippen LogP contribution in [0.5, 0.6) is 0 Å². The van der Waals surface area contributed by atoms with E-state index in [1.54, 1.807) is 14.1 Å². The number of amides is 2. The van der Waals surface area contributed by atoms with Crippen LogP contribution in [0.15, 0.2) is 12.2 Å². The summed E-state index contributed by atoms with van der Waals surface area (Å²) in [6.45, 7) is 11.0. The number of allylic oxidation sites excluding steroid dienone is 2. The quantitative estimate of drug-likeness (QED) is 0.0305. The van der Waals surface area contributed by atoms with E-state index in [2.05, 4.69) is 54.8 Å². The minimum absolute atomic E-state index is 0.0584. The highest BCUT2D eigenvalue weighted by molar-refractivity contribution is 14.1. The van der Waals surface area contributed by atoms with Crippen molar-refractivity contribution in [2.24, 2.45) is 29.6 Å². The third-order valence-corrected chi connectivity index (χ3v) is 17.1. The highest BCUT2D eigenvalue weighted by Crippen LogP contribution is 2.49. The zero-order valence-corrected chi connectivity index (χ0v) is 42.6. The van der Waals surface area contributed by atoms with Crippen molar-refractivity contribution in [2.45, 2.75) is 227 Å². The number of hydrogen-bond donors (Lipinski definition) is 6. The molecular weight excluding hydrogens is 980 g/mol. The maximum atomic E-state index is 14.1. The van der Waals surface area contributed by atoms with E-state index < -0.39 is 104 Å². The second kappa shape index (κ2) is 26.3. The number of aliphatic hydroxyl groups is 5. The number of alkyl halides is 4. The molecule has 11 unspecified atom stereocenters. The van der Waals surface area contributed by atoms with Crippen LogP contribution in [0.1, 0.15) is 138 Å². The molecule has 4 fully saturated rings. The molecule has 384 valence electrons. The second-order valence-corrected chi connectivity index (χ2v) is 22.0. The van der Waals surface area contributed by atoms with Crippen LogP contribution in [0.3, 0.4) is 0 Å². The van der Waals surface area contributed by atoms with Crippen LogP contribution < -0.4 is 5.32 Å². The van der Waals surface area contributed by atoms with E-state index in [0.717, 1.165) is 32.1 Å². The SMILES string of the molecule is C/C=C\CC(I)(CC)C1CC(CC)C(O[C@@H]2OC(C(F)(F)F)[C@@H](O)C(O)C2O)[C@H](O[C@@H]2OC(CO)[C@H](O)C(O[C@@H](CC3CCC(C(C)CCCCCC)CC3)C(=O)N(C)C)C2NC(C)=O)C1. The van der Waals surface area contributed by atoms with Crippen LogP contribution in [0.4, 0.5) is 13.2 Å². The van der Waals surface area contributed by atoms with E-state index in [9.17, 15) is 48.3 Å². The average Bonchev–Trinajstić information content (AvgIpc) is 3.28. The molecule has 4 aliphatic rings. The Labute approximate surface area is 404 Å². The summed E-state index contributed by atoms with van der Waals surface area (Å²) < 4.78 is 73.3. The number of hydrogen-bond acceptors (Lipinski definition) is 12. The van der Waals surface area contributed by atoms with Crippen LogP contribution in [0.2, 0.25) is 0 Å². The van der Waals surface area contributed by atoms with Gasteiger partial charge < -0.3 is 59.4 Å². The maximum Gasteiger partial charge on any atom is 0.417 e. The predicted octanol–water partition coefficient (Wildman–Crippen LogP) is 6.34. The van der Waals surface area contributed by atoms with E-state index in [0.29, 0.717) is 37.5 Å². The number of rotatable bonds is 22. The van der Waals surface area contributed by atoms with Crippen molar-refractivity contribution in [3.05, 3.63) is 12.2 Å².